The van der Waals surface area contributed by atoms with Gasteiger partial charge in [0.2, 0.25) is 5.91 Å². The maximum Gasteiger partial charge on any atom is 0.253 e. The molecule has 5 nitrogen and oxygen atoms in total. The minimum absolute atomic E-state index is 0.0475. The van der Waals surface area contributed by atoms with Gasteiger partial charge in [-0.05, 0) is 61.6 Å². The molecule has 4 rings (SSSR count). The van der Waals surface area contributed by atoms with E-state index in [0.29, 0.717) is 17.8 Å². The van der Waals surface area contributed by atoms with Crippen molar-refractivity contribution in [1.29, 1.82) is 0 Å². The third-order valence-corrected chi connectivity index (χ3v) is 6.30. The van der Waals surface area contributed by atoms with Gasteiger partial charge in [-0.1, -0.05) is 31.4 Å². The van der Waals surface area contributed by atoms with Crippen LogP contribution in [0.4, 0.5) is 15.8 Å². The summed E-state index contributed by atoms with van der Waals surface area (Å²) in [7, 11) is 0. The number of carbonyl (C=O) groups is 2. The van der Waals surface area contributed by atoms with Gasteiger partial charge in [0.25, 0.3) is 5.91 Å². The van der Waals surface area contributed by atoms with Crippen molar-refractivity contribution in [3.8, 4) is 0 Å². The highest BCUT2D eigenvalue weighted by molar-refractivity contribution is 6.02. The lowest BCUT2D eigenvalue weighted by Gasteiger charge is -2.23. The zero-order valence-electron chi connectivity index (χ0n) is 17.8. The molecule has 2 aliphatic rings. The average molecular weight is 424 g/mol. The maximum atomic E-state index is 13.1. The highest BCUT2D eigenvalue weighted by Gasteiger charge is 2.23. The molecule has 2 amide bonds. The van der Waals surface area contributed by atoms with Gasteiger partial charge >= 0.3 is 0 Å². The second-order valence-corrected chi connectivity index (χ2v) is 8.56. The Morgan fingerprint density at radius 1 is 0.935 bits per heavy atom. The molecule has 1 saturated carbocycles. The van der Waals surface area contributed by atoms with Crippen LogP contribution in [0.2, 0.25) is 0 Å². The minimum Gasteiger partial charge on any atom is -0.371 e. The molecule has 0 spiro atoms. The fourth-order valence-corrected chi connectivity index (χ4v) is 4.52. The van der Waals surface area contributed by atoms with Gasteiger partial charge < -0.3 is 15.5 Å². The summed E-state index contributed by atoms with van der Waals surface area (Å²) in [6.45, 7) is 2.16. The number of amides is 2. The van der Waals surface area contributed by atoms with Crippen LogP contribution in [-0.4, -0.2) is 24.9 Å². The topological polar surface area (TPSA) is 61.4 Å². The number of nitrogens with zero attached hydrogens (tertiary/aromatic N) is 1. The molecule has 0 aromatic heterocycles. The Morgan fingerprint density at radius 2 is 1.65 bits per heavy atom. The molecular formula is C25H30FN3O2. The Hall–Kier alpha value is -2.89. The molecule has 6 heteroatoms. The summed E-state index contributed by atoms with van der Waals surface area (Å²) in [6.07, 6.45) is 7.48. The van der Waals surface area contributed by atoms with Gasteiger partial charge in [-0.25, -0.2) is 4.39 Å². The SMILES string of the molecule is O=C(NCc1ccc(F)cc1)c1cc(NC(=O)C2CCCCC2)ccc1N1CCCC1. The largest absolute Gasteiger partial charge is 0.371 e. The van der Waals surface area contributed by atoms with Gasteiger partial charge in [0.15, 0.2) is 0 Å². The molecule has 164 valence electrons. The summed E-state index contributed by atoms with van der Waals surface area (Å²) in [6, 6.07) is 11.7. The van der Waals surface area contributed by atoms with Crippen LogP contribution >= 0.6 is 0 Å². The number of hydrogen-bond donors (Lipinski definition) is 2. The van der Waals surface area contributed by atoms with Gasteiger partial charge in [0, 0.05) is 36.9 Å². The van der Waals surface area contributed by atoms with Crippen LogP contribution in [0.5, 0.6) is 0 Å². The molecule has 2 aromatic rings. The Kier molecular flexibility index (Phi) is 6.85. The Bertz CT molecular complexity index is 917. The Labute approximate surface area is 183 Å². The van der Waals surface area contributed by atoms with Crippen LogP contribution in [0, 0.1) is 11.7 Å². The van der Waals surface area contributed by atoms with Crippen LogP contribution in [-0.2, 0) is 11.3 Å². The van der Waals surface area contributed by atoms with Gasteiger partial charge in [-0.3, -0.25) is 9.59 Å². The van der Waals surface area contributed by atoms with Crippen LogP contribution < -0.4 is 15.5 Å². The lowest BCUT2D eigenvalue weighted by atomic mass is 9.88. The molecule has 0 atom stereocenters. The Morgan fingerprint density at radius 3 is 2.35 bits per heavy atom. The van der Waals surface area contributed by atoms with E-state index in [-0.39, 0.29) is 23.5 Å². The van der Waals surface area contributed by atoms with E-state index < -0.39 is 0 Å². The number of carbonyl (C=O) groups excluding carboxylic acids is 2. The zero-order chi connectivity index (χ0) is 21.6. The van der Waals surface area contributed by atoms with E-state index in [0.717, 1.165) is 62.9 Å². The summed E-state index contributed by atoms with van der Waals surface area (Å²) in [5.41, 5.74) is 2.94. The standard InChI is InChI=1S/C25H30FN3O2/c26-20-10-8-18(9-11-20)17-27-25(31)22-16-21(12-13-23(22)29-14-4-5-15-29)28-24(30)19-6-2-1-3-7-19/h8-13,16,19H,1-7,14-15,17H2,(H,27,31)(H,28,30). The molecule has 1 heterocycles. The van der Waals surface area contributed by atoms with E-state index >= 15 is 0 Å². The Balaban J connectivity index is 1.50. The normalized spacial score (nSPS) is 16.9. The van der Waals surface area contributed by atoms with Crippen molar-refractivity contribution in [1.82, 2.24) is 5.32 Å². The molecule has 0 unspecified atom stereocenters. The quantitative estimate of drug-likeness (QED) is 0.697. The maximum absolute atomic E-state index is 13.1. The van der Waals surface area contributed by atoms with Gasteiger partial charge in [0.05, 0.1) is 5.56 Å². The molecule has 31 heavy (non-hydrogen) atoms. The first-order valence-corrected chi connectivity index (χ1v) is 11.3. The first kappa shape index (κ1) is 21.3. The van der Waals surface area contributed by atoms with Crippen molar-refractivity contribution < 1.29 is 14.0 Å². The number of rotatable bonds is 6. The predicted molar refractivity (Wildman–Crippen MR) is 121 cm³/mol. The molecule has 1 aliphatic heterocycles. The molecular weight excluding hydrogens is 393 g/mol. The molecule has 2 N–H and O–H groups in total. The highest BCUT2D eigenvalue weighted by atomic mass is 19.1. The van der Waals surface area contributed by atoms with Gasteiger partial charge in [-0.2, -0.15) is 0 Å². The average Bonchev–Trinajstić information content (AvgIpc) is 3.34. The lowest BCUT2D eigenvalue weighted by molar-refractivity contribution is -0.120. The summed E-state index contributed by atoms with van der Waals surface area (Å²) in [5, 5.41) is 5.97. The van der Waals surface area contributed by atoms with Crippen molar-refractivity contribution >= 4 is 23.2 Å². The third-order valence-electron chi connectivity index (χ3n) is 6.30. The van der Waals surface area contributed by atoms with E-state index in [9.17, 15) is 14.0 Å². The zero-order valence-corrected chi connectivity index (χ0v) is 17.8. The fourth-order valence-electron chi connectivity index (χ4n) is 4.52. The van der Waals surface area contributed by atoms with Crippen molar-refractivity contribution in [3.05, 3.63) is 59.4 Å². The number of benzene rings is 2. The molecule has 1 saturated heterocycles. The second kappa shape index (κ2) is 9.94. The highest BCUT2D eigenvalue weighted by Crippen LogP contribution is 2.29. The van der Waals surface area contributed by atoms with Crippen LogP contribution in [0.15, 0.2) is 42.5 Å². The number of halogens is 1. The monoisotopic (exact) mass is 423 g/mol. The molecule has 1 aliphatic carbocycles. The van der Waals surface area contributed by atoms with E-state index in [1.807, 2.05) is 12.1 Å². The summed E-state index contributed by atoms with van der Waals surface area (Å²) < 4.78 is 13.1. The molecule has 2 aromatic carbocycles. The van der Waals surface area contributed by atoms with Crippen LogP contribution in [0.25, 0.3) is 0 Å². The predicted octanol–water partition coefficient (Wildman–Crippen LogP) is 4.87. The lowest BCUT2D eigenvalue weighted by Crippen LogP contribution is -2.28. The van der Waals surface area contributed by atoms with Crippen LogP contribution in [0.1, 0.15) is 60.9 Å². The third kappa shape index (κ3) is 5.43. The van der Waals surface area contributed by atoms with E-state index in [4.69, 9.17) is 0 Å². The van der Waals surface area contributed by atoms with Gasteiger partial charge in [0.1, 0.15) is 5.82 Å². The van der Waals surface area contributed by atoms with Crippen molar-refractivity contribution in [2.45, 2.75) is 51.5 Å². The molecule has 0 bridgehead atoms. The van der Waals surface area contributed by atoms with Crippen molar-refractivity contribution in [2.24, 2.45) is 5.92 Å². The van der Waals surface area contributed by atoms with E-state index in [1.165, 1.54) is 18.6 Å². The summed E-state index contributed by atoms with van der Waals surface area (Å²) in [5.74, 6) is -0.387. The number of hydrogen-bond acceptors (Lipinski definition) is 3. The summed E-state index contributed by atoms with van der Waals surface area (Å²) in [4.78, 5) is 28.0. The van der Waals surface area contributed by atoms with Crippen molar-refractivity contribution in [3.63, 3.8) is 0 Å². The number of anilines is 2. The van der Waals surface area contributed by atoms with Crippen LogP contribution in [0.3, 0.4) is 0 Å². The minimum atomic E-state index is -0.298. The number of nitrogens with one attached hydrogen (secondary N) is 2. The molecule has 2 fully saturated rings. The first-order valence-electron chi connectivity index (χ1n) is 11.3. The second-order valence-electron chi connectivity index (χ2n) is 8.56. The first-order chi connectivity index (χ1) is 15.1. The smallest absolute Gasteiger partial charge is 0.253 e. The fraction of sp³-hybridized carbons (Fsp3) is 0.440. The summed E-state index contributed by atoms with van der Waals surface area (Å²) >= 11 is 0. The van der Waals surface area contributed by atoms with E-state index in [2.05, 4.69) is 15.5 Å². The van der Waals surface area contributed by atoms with E-state index in [1.54, 1.807) is 18.2 Å². The van der Waals surface area contributed by atoms with Crippen molar-refractivity contribution in [2.75, 3.05) is 23.3 Å². The molecule has 0 radical (unpaired) electrons. The van der Waals surface area contributed by atoms with Gasteiger partial charge in [-0.15, -0.1) is 0 Å².